The average molecular weight is 404 g/mol. The molecule has 3 rings (SSSR count). The first-order valence-electron chi connectivity index (χ1n) is 10.1. The lowest BCUT2D eigenvalue weighted by atomic mass is 9.98. The van der Waals surface area contributed by atoms with Gasteiger partial charge in [-0.2, -0.15) is 0 Å². The SMILES string of the molecule is C=CCc1ccc(OCC(O)CNC(c2ccccc2)c2ccccc2)c(OC)c1. The van der Waals surface area contributed by atoms with E-state index >= 15 is 0 Å². The van der Waals surface area contributed by atoms with Crippen molar-refractivity contribution in [2.75, 3.05) is 20.3 Å². The highest BCUT2D eigenvalue weighted by Gasteiger charge is 2.16. The molecule has 0 saturated heterocycles. The van der Waals surface area contributed by atoms with Gasteiger partial charge in [-0.05, 0) is 35.2 Å². The first-order chi connectivity index (χ1) is 14.7. The third-order valence-corrected chi connectivity index (χ3v) is 4.86. The minimum Gasteiger partial charge on any atom is -0.493 e. The Bertz CT molecular complexity index is 873. The molecule has 156 valence electrons. The first-order valence-corrected chi connectivity index (χ1v) is 10.1. The molecule has 0 spiro atoms. The van der Waals surface area contributed by atoms with Crippen molar-refractivity contribution in [2.45, 2.75) is 18.6 Å². The summed E-state index contributed by atoms with van der Waals surface area (Å²) in [5, 5.41) is 14.0. The molecule has 30 heavy (non-hydrogen) atoms. The van der Waals surface area contributed by atoms with E-state index in [0.717, 1.165) is 23.1 Å². The monoisotopic (exact) mass is 403 g/mol. The highest BCUT2D eigenvalue weighted by molar-refractivity contribution is 5.43. The van der Waals surface area contributed by atoms with E-state index < -0.39 is 6.10 Å². The van der Waals surface area contributed by atoms with Crippen LogP contribution in [0.3, 0.4) is 0 Å². The van der Waals surface area contributed by atoms with Crippen molar-refractivity contribution >= 4 is 0 Å². The van der Waals surface area contributed by atoms with Crippen LogP contribution in [0.1, 0.15) is 22.7 Å². The van der Waals surface area contributed by atoms with Crippen LogP contribution in [0.2, 0.25) is 0 Å². The smallest absolute Gasteiger partial charge is 0.161 e. The molecule has 2 N–H and O–H groups in total. The number of rotatable bonds is 11. The van der Waals surface area contributed by atoms with Crippen LogP contribution in [0, 0.1) is 0 Å². The third kappa shape index (κ3) is 5.96. The third-order valence-electron chi connectivity index (χ3n) is 4.86. The van der Waals surface area contributed by atoms with E-state index in [0.29, 0.717) is 18.0 Å². The molecule has 0 bridgehead atoms. The fourth-order valence-electron chi connectivity index (χ4n) is 3.34. The van der Waals surface area contributed by atoms with Crippen molar-refractivity contribution in [3.63, 3.8) is 0 Å². The van der Waals surface area contributed by atoms with Gasteiger partial charge in [0.1, 0.15) is 12.7 Å². The van der Waals surface area contributed by atoms with Gasteiger partial charge in [-0.25, -0.2) is 0 Å². The standard InChI is InChI=1S/C26H29NO3/c1-3-10-20-15-16-24(25(17-20)29-2)30-19-23(28)18-27-26(21-11-6-4-7-12-21)22-13-8-5-9-14-22/h3-9,11-17,23,26-28H,1,10,18-19H2,2H3. The minimum absolute atomic E-state index is 0.00484. The van der Waals surface area contributed by atoms with Gasteiger partial charge in [-0.1, -0.05) is 72.8 Å². The zero-order valence-corrected chi connectivity index (χ0v) is 17.3. The van der Waals surface area contributed by atoms with Gasteiger partial charge in [0.15, 0.2) is 11.5 Å². The maximum atomic E-state index is 10.5. The Balaban J connectivity index is 1.61. The number of ether oxygens (including phenoxy) is 2. The van der Waals surface area contributed by atoms with Crippen LogP contribution in [-0.2, 0) is 6.42 Å². The quantitative estimate of drug-likeness (QED) is 0.462. The summed E-state index contributed by atoms with van der Waals surface area (Å²) in [5.74, 6) is 1.27. The molecule has 4 nitrogen and oxygen atoms in total. The summed E-state index contributed by atoms with van der Waals surface area (Å²) in [6, 6.07) is 26.2. The van der Waals surface area contributed by atoms with E-state index in [1.165, 1.54) is 0 Å². The Morgan fingerprint density at radius 1 is 0.933 bits per heavy atom. The second-order valence-corrected chi connectivity index (χ2v) is 7.11. The van der Waals surface area contributed by atoms with Crippen molar-refractivity contribution in [2.24, 2.45) is 0 Å². The normalized spacial score (nSPS) is 11.8. The van der Waals surface area contributed by atoms with E-state index in [2.05, 4.69) is 36.2 Å². The number of aliphatic hydroxyl groups excluding tert-OH is 1. The molecule has 3 aromatic carbocycles. The molecule has 0 heterocycles. The van der Waals surface area contributed by atoms with Gasteiger partial charge < -0.3 is 19.9 Å². The second-order valence-electron chi connectivity index (χ2n) is 7.11. The van der Waals surface area contributed by atoms with Crippen LogP contribution in [0.4, 0.5) is 0 Å². The molecule has 0 radical (unpaired) electrons. The fraction of sp³-hybridized carbons (Fsp3) is 0.231. The van der Waals surface area contributed by atoms with Crippen molar-refractivity contribution < 1.29 is 14.6 Å². The molecule has 0 fully saturated rings. The summed E-state index contributed by atoms with van der Waals surface area (Å²) in [6.07, 6.45) is 1.95. The molecular formula is C26H29NO3. The summed E-state index contributed by atoms with van der Waals surface area (Å²) < 4.78 is 11.2. The van der Waals surface area contributed by atoms with Crippen LogP contribution in [0.25, 0.3) is 0 Å². The summed E-state index contributed by atoms with van der Waals surface area (Å²) in [7, 11) is 1.61. The Labute approximate surface area is 178 Å². The van der Waals surface area contributed by atoms with Crippen LogP contribution in [-0.4, -0.2) is 31.5 Å². The molecule has 0 aliphatic rings. The van der Waals surface area contributed by atoms with Gasteiger partial charge in [-0.15, -0.1) is 6.58 Å². The summed E-state index contributed by atoms with van der Waals surface area (Å²) in [4.78, 5) is 0. The second kappa shape index (κ2) is 11.2. The Kier molecular flexibility index (Phi) is 8.07. The molecule has 0 amide bonds. The van der Waals surface area contributed by atoms with E-state index in [-0.39, 0.29) is 12.6 Å². The van der Waals surface area contributed by atoms with E-state index in [1.807, 2.05) is 60.7 Å². The predicted molar refractivity (Wildman–Crippen MR) is 121 cm³/mol. The fourth-order valence-corrected chi connectivity index (χ4v) is 3.34. The molecule has 3 aromatic rings. The Hall–Kier alpha value is -3.08. The maximum absolute atomic E-state index is 10.5. The number of hydrogen-bond acceptors (Lipinski definition) is 4. The lowest BCUT2D eigenvalue weighted by molar-refractivity contribution is 0.103. The van der Waals surface area contributed by atoms with Crippen LogP contribution in [0.15, 0.2) is 91.5 Å². The number of methoxy groups -OCH3 is 1. The van der Waals surface area contributed by atoms with Gasteiger partial charge >= 0.3 is 0 Å². The van der Waals surface area contributed by atoms with Gasteiger partial charge in [0.2, 0.25) is 0 Å². The number of nitrogens with one attached hydrogen (secondary N) is 1. The van der Waals surface area contributed by atoms with Crippen LogP contribution in [0.5, 0.6) is 11.5 Å². The number of benzene rings is 3. The predicted octanol–water partition coefficient (Wildman–Crippen LogP) is 4.54. The van der Waals surface area contributed by atoms with Crippen molar-refractivity contribution in [3.05, 3.63) is 108 Å². The zero-order chi connectivity index (χ0) is 21.2. The highest BCUT2D eigenvalue weighted by atomic mass is 16.5. The highest BCUT2D eigenvalue weighted by Crippen LogP contribution is 2.28. The van der Waals surface area contributed by atoms with Crippen LogP contribution < -0.4 is 14.8 Å². The van der Waals surface area contributed by atoms with E-state index in [9.17, 15) is 5.11 Å². The molecule has 0 aromatic heterocycles. The van der Waals surface area contributed by atoms with E-state index in [1.54, 1.807) is 7.11 Å². The molecule has 1 unspecified atom stereocenters. The summed E-state index contributed by atoms with van der Waals surface area (Å²) in [5.41, 5.74) is 3.40. The summed E-state index contributed by atoms with van der Waals surface area (Å²) in [6.45, 7) is 4.32. The first kappa shape index (κ1) is 21.6. The number of allylic oxidation sites excluding steroid dienone is 1. The lowest BCUT2D eigenvalue weighted by Crippen LogP contribution is -2.34. The minimum atomic E-state index is -0.669. The number of hydrogen-bond donors (Lipinski definition) is 2. The van der Waals surface area contributed by atoms with Gasteiger partial charge in [0, 0.05) is 6.54 Å². The molecule has 0 saturated carbocycles. The van der Waals surface area contributed by atoms with Crippen molar-refractivity contribution in [3.8, 4) is 11.5 Å². The molecule has 0 aliphatic heterocycles. The largest absolute Gasteiger partial charge is 0.493 e. The average Bonchev–Trinajstić information content (AvgIpc) is 2.80. The van der Waals surface area contributed by atoms with Crippen molar-refractivity contribution in [1.29, 1.82) is 0 Å². The molecule has 4 heteroatoms. The lowest BCUT2D eigenvalue weighted by Gasteiger charge is -2.22. The Morgan fingerprint density at radius 2 is 1.57 bits per heavy atom. The Morgan fingerprint density at radius 3 is 2.13 bits per heavy atom. The number of aliphatic hydroxyl groups is 1. The maximum Gasteiger partial charge on any atom is 0.161 e. The van der Waals surface area contributed by atoms with Gasteiger partial charge in [0.05, 0.1) is 13.2 Å². The van der Waals surface area contributed by atoms with Gasteiger partial charge in [0.25, 0.3) is 0 Å². The molecule has 0 aliphatic carbocycles. The molecular weight excluding hydrogens is 374 g/mol. The van der Waals surface area contributed by atoms with Crippen molar-refractivity contribution in [1.82, 2.24) is 5.32 Å². The van der Waals surface area contributed by atoms with E-state index in [4.69, 9.17) is 9.47 Å². The molecule has 1 atom stereocenters. The summed E-state index contributed by atoms with van der Waals surface area (Å²) >= 11 is 0. The topological polar surface area (TPSA) is 50.7 Å². The van der Waals surface area contributed by atoms with Gasteiger partial charge in [-0.3, -0.25) is 0 Å². The van der Waals surface area contributed by atoms with Crippen LogP contribution >= 0.6 is 0 Å². The zero-order valence-electron chi connectivity index (χ0n) is 17.3.